The number of benzene rings is 1. The molecular formula is C13H14BrN3O2. The van der Waals surface area contributed by atoms with E-state index in [2.05, 4.69) is 31.4 Å². The summed E-state index contributed by atoms with van der Waals surface area (Å²) in [7, 11) is 1.64. The van der Waals surface area contributed by atoms with Gasteiger partial charge in [0.15, 0.2) is 0 Å². The Labute approximate surface area is 119 Å². The molecule has 0 radical (unpaired) electrons. The van der Waals surface area contributed by atoms with Crippen LogP contribution in [0.5, 0.6) is 5.75 Å². The second-order valence-corrected chi connectivity index (χ2v) is 5.31. The Kier molecular flexibility index (Phi) is 3.52. The SMILES string of the molecule is COc1ccc(-c2noc([C@@H]3CCCN3)n2)cc1Br. The fraction of sp³-hybridized carbons (Fsp3) is 0.385. The highest BCUT2D eigenvalue weighted by Gasteiger charge is 2.22. The summed E-state index contributed by atoms with van der Waals surface area (Å²) in [6, 6.07) is 5.92. The summed E-state index contributed by atoms with van der Waals surface area (Å²) in [5.41, 5.74) is 0.903. The normalized spacial score (nSPS) is 18.7. The van der Waals surface area contributed by atoms with E-state index in [-0.39, 0.29) is 6.04 Å². The van der Waals surface area contributed by atoms with Crippen molar-refractivity contribution in [2.45, 2.75) is 18.9 Å². The molecule has 1 aromatic carbocycles. The van der Waals surface area contributed by atoms with Crippen LogP contribution >= 0.6 is 15.9 Å². The number of rotatable bonds is 3. The smallest absolute Gasteiger partial charge is 0.244 e. The van der Waals surface area contributed by atoms with Crippen LogP contribution in [0.1, 0.15) is 24.8 Å². The number of methoxy groups -OCH3 is 1. The van der Waals surface area contributed by atoms with E-state index in [1.54, 1.807) is 7.11 Å². The summed E-state index contributed by atoms with van der Waals surface area (Å²) >= 11 is 3.45. The third-order valence-corrected chi connectivity index (χ3v) is 3.83. The first-order valence-electron chi connectivity index (χ1n) is 6.19. The Morgan fingerprint density at radius 3 is 3.05 bits per heavy atom. The molecule has 1 fully saturated rings. The van der Waals surface area contributed by atoms with Crippen molar-refractivity contribution in [1.82, 2.24) is 15.5 Å². The molecule has 2 aromatic rings. The van der Waals surface area contributed by atoms with Crippen LogP contribution < -0.4 is 10.1 Å². The molecule has 0 saturated carbocycles. The molecule has 1 N–H and O–H groups in total. The molecule has 5 nitrogen and oxygen atoms in total. The van der Waals surface area contributed by atoms with Crippen molar-refractivity contribution in [2.75, 3.05) is 13.7 Å². The van der Waals surface area contributed by atoms with E-state index < -0.39 is 0 Å². The third-order valence-electron chi connectivity index (χ3n) is 3.21. The number of aromatic nitrogens is 2. The summed E-state index contributed by atoms with van der Waals surface area (Å²) < 4.78 is 11.4. The number of halogens is 1. The van der Waals surface area contributed by atoms with Gasteiger partial charge < -0.3 is 14.6 Å². The van der Waals surface area contributed by atoms with Gasteiger partial charge in [0.25, 0.3) is 0 Å². The van der Waals surface area contributed by atoms with Crippen LogP contribution in [-0.4, -0.2) is 23.8 Å². The first kappa shape index (κ1) is 12.6. The Morgan fingerprint density at radius 2 is 2.37 bits per heavy atom. The summed E-state index contributed by atoms with van der Waals surface area (Å²) in [6.45, 7) is 1.01. The molecule has 2 heterocycles. The molecule has 1 aliphatic rings. The summed E-state index contributed by atoms with van der Waals surface area (Å²) in [6.07, 6.45) is 2.20. The third kappa shape index (κ3) is 2.50. The molecule has 0 amide bonds. The fourth-order valence-electron chi connectivity index (χ4n) is 2.19. The molecule has 100 valence electrons. The molecule has 0 aliphatic carbocycles. The predicted molar refractivity (Wildman–Crippen MR) is 74.0 cm³/mol. The standard InChI is InChI=1S/C13H14BrN3O2/c1-18-11-5-4-8(7-9(11)14)12-16-13(19-17-12)10-3-2-6-15-10/h4-5,7,10,15H,2-3,6H2,1H3/t10-/m0/s1. The largest absolute Gasteiger partial charge is 0.496 e. The van der Waals surface area contributed by atoms with Gasteiger partial charge in [-0.05, 0) is 53.5 Å². The van der Waals surface area contributed by atoms with E-state index in [0.29, 0.717) is 11.7 Å². The molecule has 0 spiro atoms. The maximum absolute atomic E-state index is 5.33. The van der Waals surface area contributed by atoms with Gasteiger partial charge in [0, 0.05) is 5.56 Å². The maximum Gasteiger partial charge on any atom is 0.244 e. The van der Waals surface area contributed by atoms with Crippen molar-refractivity contribution in [3.05, 3.63) is 28.6 Å². The number of ether oxygens (including phenoxy) is 1. The van der Waals surface area contributed by atoms with E-state index in [4.69, 9.17) is 9.26 Å². The topological polar surface area (TPSA) is 60.2 Å². The molecule has 1 saturated heterocycles. The zero-order chi connectivity index (χ0) is 13.2. The summed E-state index contributed by atoms with van der Waals surface area (Å²) in [5.74, 6) is 2.05. The molecule has 1 atom stereocenters. The summed E-state index contributed by atoms with van der Waals surface area (Å²) in [4.78, 5) is 4.46. The van der Waals surface area contributed by atoms with Crippen LogP contribution in [0.25, 0.3) is 11.4 Å². The van der Waals surface area contributed by atoms with Gasteiger partial charge in [-0.2, -0.15) is 4.98 Å². The van der Waals surface area contributed by atoms with Crippen LogP contribution in [0.4, 0.5) is 0 Å². The average molecular weight is 324 g/mol. The van der Waals surface area contributed by atoms with Gasteiger partial charge in [0.05, 0.1) is 17.6 Å². The van der Waals surface area contributed by atoms with Gasteiger partial charge >= 0.3 is 0 Å². The first-order chi connectivity index (χ1) is 9.28. The Bertz CT molecular complexity index is 579. The molecular weight excluding hydrogens is 310 g/mol. The number of nitrogens with zero attached hydrogens (tertiary/aromatic N) is 2. The summed E-state index contributed by atoms with van der Waals surface area (Å²) in [5, 5.41) is 7.38. The monoisotopic (exact) mass is 323 g/mol. The van der Waals surface area contributed by atoms with Gasteiger partial charge in [0.2, 0.25) is 11.7 Å². The van der Waals surface area contributed by atoms with Crippen molar-refractivity contribution in [1.29, 1.82) is 0 Å². The van der Waals surface area contributed by atoms with Crippen molar-refractivity contribution in [3.63, 3.8) is 0 Å². The van der Waals surface area contributed by atoms with E-state index >= 15 is 0 Å². The highest BCUT2D eigenvalue weighted by molar-refractivity contribution is 9.10. The zero-order valence-corrected chi connectivity index (χ0v) is 12.1. The highest BCUT2D eigenvalue weighted by Crippen LogP contribution is 2.30. The Balaban J connectivity index is 1.87. The molecule has 0 bridgehead atoms. The van der Waals surface area contributed by atoms with Crippen molar-refractivity contribution in [2.24, 2.45) is 0 Å². The average Bonchev–Trinajstić information content (AvgIpc) is 3.09. The van der Waals surface area contributed by atoms with E-state index in [1.807, 2.05) is 18.2 Å². The predicted octanol–water partition coefficient (Wildman–Crippen LogP) is 2.93. The van der Waals surface area contributed by atoms with Crippen molar-refractivity contribution < 1.29 is 9.26 Å². The second kappa shape index (κ2) is 5.30. The fourth-order valence-corrected chi connectivity index (χ4v) is 2.74. The maximum atomic E-state index is 5.33. The number of nitrogens with one attached hydrogen (secondary N) is 1. The molecule has 6 heteroatoms. The van der Waals surface area contributed by atoms with Crippen LogP contribution in [0.3, 0.4) is 0 Å². The lowest BCUT2D eigenvalue weighted by molar-refractivity contribution is 0.345. The zero-order valence-electron chi connectivity index (χ0n) is 10.5. The van der Waals surface area contributed by atoms with Crippen LogP contribution in [0.15, 0.2) is 27.2 Å². The molecule has 1 aromatic heterocycles. The minimum Gasteiger partial charge on any atom is -0.496 e. The van der Waals surface area contributed by atoms with Crippen LogP contribution in [0, 0.1) is 0 Å². The van der Waals surface area contributed by atoms with Crippen LogP contribution in [-0.2, 0) is 0 Å². The quantitative estimate of drug-likeness (QED) is 0.941. The van der Waals surface area contributed by atoms with Crippen molar-refractivity contribution >= 4 is 15.9 Å². The minimum absolute atomic E-state index is 0.197. The van der Waals surface area contributed by atoms with Crippen LogP contribution in [0.2, 0.25) is 0 Å². The molecule has 0 unspecified atom stereocenters. The lowest BCUT2D eigenvalue weighted by atomic mass is 10.2. The van der Waals surface area contributed by atoms with Gasteiger partial charge in [-0.15, -0.1) is 0 Å². The van der Waals surface area contributed by atoms with Crippen molar-refractivity contribution in [3.8, 4) is 17.1 Å². The second-order valence-electron chi connectivity index (χ2n) is 4.45. The first-order valence-corrected chi connectivity index (χ1v) is 6.98. The van der Waals surface area contributed by atoms with Gasteiger partial charge in [-0.25, -0.2) is 0 Å². The number of hydrogen-bond donors (Lipinski definition) is 1. The lowest BCUT2D eigenvalue weighted by Crippen LogP contribution is -2.12. The van der Waals surface area contributed by atoms with Gasteiger partial charge in [0.1, 0.15) is 5.75 Å². The van der Waals surface area contributed by atoms with Gasteiger partial charge in [-0.3, -0.25) is 0 Å². The Hall–Kier alpha value is -1.40. The molecule has 19 heavy (non-hydrogen) atoms. The van der Waals surface area contributed by atoms with E-state index in [9.17, 15) is 0 Å². The molecule has 1 aliphatic heterocycles. The van der Waals surface area contributed by atoms with Gasteiger partial charge in [-0.1, -0.05) is 5.16 Å². The highest BCUT2D eigenvalue weighted by atomic mass is 79.9. The molecule has 3 rings (SSSR count). The Morgan fingerprint density at radius 1 is 1.47 bits per heavy atom. The lowest BCUT2D eigenvalue weighted by Gasteiger charge is -2.03. The number of hydrogen-bond acceptors (Lipinski definition) is 5. The van der Waals surface area contributed by atoms with E-state index in [1.165, 1.54) is 0 Å². The van der Waals surface area contributed by atoms with E-state index in [0.717, 1.165) is 35.2 Å². The minimum atomic E-state index is 0.197.